The van der Waals surface area contributed by atoms with Crippen LogP contribution in [0.15, 0.2) is 66.7 Å². The summed E-state index contributed by atoms with van der Waals surface area (Å²) in [5, 5.41) is 3.52. The molecule has 1 N–H and O–H groups in total. The van der Waals surface area contributed by atoms with Crippen LogP contribution in [0.4, 0.5) is 5.69 Å². The molecule has 0 radical (unpaired) electrons. The molecule has 0 aliphatic heterocycles. The Bertz CT molecular complexity index is 1150. The van der Waals surface area contributed by atoms with Crippen molar-refractivity contribution >= 4 is 33.2 Å². The lowest BCUT2D eigenvalue weighted by molar-refractivity contribution is 0.0951. The molecule has 0 bridgehead atoms. The van der Waals surface area contributed by atoms with Crippen molar-refractivity contribution in [1.82, 2.24) is 5.32 Å². The molecule has 0 fully saturated rings. The van der Waals surface area contributed by atoms with E-state index in [0.717, 1.165) is 22.3 Å². The molecular weight excluding hydrogens is 432 g/mol. The van der Waals surface area contributed by atoms with Gasteiger partial charge in [0.1, 0.15) is 0 Å². The van der Waals surface area contributed by atoms with Crippen LogP contribution >= 0.6 is 11.6 Å². The number of benzene rings is 3. The van der Waals surface area contributed by atoms with Gasteiger partial charge in [-0.2, -0.15) is 0 Å². The van der Waals surface area contributed by atoms with E-state index in [9.17, 15) is 13.2 Å². The SMILES string of the molecule is Cc1cccc(C)c1N(Cc1ccc(C(=O)NCc2ccc(Cl)cc2)cc1)S(C)(=O)=O. The van der Waals surface area contributed by atoms with Crippen LogP contribution in [0.1, 0.15) is 32.6 Å². The molecule has 3 rings (SSSR count). The first-order valence-electron chi connectivity index (χ1n) is 9.80. The number of sulfonamides is 1. The van der Waals surface area contributed by atoms with Crippen molar-refractivity contribution in [2.45, 2.75) is 26.9 Å². The summed E-state index contributed by atoms with van der Waals surface area (Å²) in [6, 6.07) is 20.0. The van der Waals surface area contributed by atoms with Gasteiger partial charge in [-0.1, -0.05) is 54.1 Å². The minimum atomic E-state index is -3.49. The normalized spacial score (nSPS) is 11.2. The number of halogens is 1. The fourth-order valence-electron chi connectivity index (χ4n) is 3.38. The molecule has 1 amide bonds. The largest absolute Gasteiger partial charge is 0.348 e. The molecule has 0 aliphatic rings. The lowest BCUT2D eigenvalue weighted by atomic mass is 10.1. The van der Waals surface area contributed by atoms with Gasteiger partial charge in [-0.25, -0.2) is 8.42 Å². The first-order valence-corrected chi connectivity index (χ1v) is 12.0. The van der Waals surface area contributed by atoms with Crippen LogP contribution < -0.4 is 9.62 Å². The highest BCUT2D eigenvalue weighted by molar-refractivity contribution is 7.92. The van der Waals surface area contributed by atoms with E-state index >= 15 is 0 Å². The standard InChI is InChI=1S/C24H25ClN2O3S/c1-17-5-4-6-18(2)23(17)27(31(3,29)30)16-20-7-11-21(12-8-20)24(28)26-15-19-9-13-22(25)14-10-19/h4-14H,15-16H2,1-3H3,(H,26,28). The Morgan fingerprint density at radius 1 is 0.903 bits per heavy atom. The van der Waals surface area contributed by atoms with Gasteiger partial charge in [-0.3, -0.25) is 9.10 Å². The lowest BCUT2D eigenvalue weighted by Gasteiger charge is -2.26. The molecule has 3 aromatic rings. The summed E-state index contributed by atoms with van der Waals surface area (Å²) >= 11 is 5.88. The Kier molecular flexibility index (Phi) is 7.03. The van der Waals surface area contributed by atoms with E-state index in [0.29, 0.717) is 22.8 Å². The molecule has 3 aromatic carbocycles. The molecule has 0 atom stereocenters. The Labute approximate surface area is 188 Å². The Morgan fingerprint density at radius 2 is 1.45 bits per heavy atom. The summed E-state index contributed by atoms with van der Waals surface area (Å²) in [5.41, 5.74) is 4.73. The number of para-hydroxylation sites is 1. The van der Waals surface area contributed by atoms with Gasteiger partial charge in [0.25, 0.3) is 5.91 Å². The second-order valence-electron chi connectivity index (χ2n) is 7.52. The third-order valence-electron chi connectivity index (χ3n) is 5.00. The van der Waals surface area contributed by atoms with Crippen molar-refractivity contribution in [3.05, 3.63) is 99.6 Å². The summed E-state index contributed by atoms with van der Waals surface area (Å²) in [7, 11) is -3.49. The number of carbonyl (C=O) groups is 1. The molecule has 0 aromatic heterocycles. The van der Waals surface area contributed by atoms with Crippen LogP contribution in [0.3, 0.4) is 0 Å². The number of hydrogen-bond donors (Lipinski definition) is 1. The molecule has 0 heterocycles. The quantitative estimate of drug-likeness (QED) is 0.552. The molecule has 0 unspecified atom stereocenters. The molecule has 162 valence electrons. The van der Waals surface area contributed by atoms with Gasteiger partial charge in [-0.15, -0.1) is 0 Å². The number of nitrogens with one attached hydrogen (secondary N) is 1. The van der Waals surface area contributed by atoms with Crippen LogP contribution in [0, 0.1) is 13.8 Å². The van der Waals surface area contributed by atoms with Crippen LogP contribution in [0.25, 0.3) is 0 Å². The van der Waals surface area contributed by atoms with Crippen molar-refractivity contribution in [2.75, 3.05) is 10.6 Å². The highest BCUT2D eigenvalue weighted by Gasteiger charge is 2.21. The monoisotopic (exact) mass is 456 g/mol. The highest BCUT2D eigenvalue weighted by atomic mass is 35.5. The van der Waals surface area contributed by atoms with Crippen LogP contribution in [0.2, 0.25) is 5.02 Å². The molecule has 0 saturated heterocycles. The van der Waals surface area contributed by atoms with Gasteiger partial charge >= 0.3 is 0 Å². The molecule has 0 saturated carbocycles. The van der Waals surface area contributed by atoms with Crippen LogP contribution in [-0.4, -0.2) is 20.6 Å². The topological polar surface area (TPSA) is 66.5 Å². The summed E-state index contributed by atoms with van der Waals surface area (Å²) in [6.45, 7) is 4.38. The maximum Gasteiger partial charge on any atom is 0.251 e. The number of aryl methyl sites for hydroxylation is 2. The zero-order valence-electron chi connectivity index (χ0n) is 17.7. The fourth-order valence-corrected chi connectivity index (χ4v) is 4.50. The van der Waals surface area contributed by atoms with Gasteiger partial charge in [0, 0.05) is 17.1 Å². The van der Waals surface area contributed by atoms with Crippen molar-refractivity contribution in [3.8, 4) is 0 Å². The second kappa shape index (κ2) is 9.54. The molecule has 5 nitrogen and oxygen atoms in total. The zero-order valence-corrected chi connectivity index (χ0v) is 19.3. The van der Waals surface area contributed by atoms with Crippen molar-refractivity contribution in [3.63, 3.8) is 0 Å². The van der Waals surface area contributed by atoms with Crippen LogP contribution in [0.5, 0.6) is 0 Å². The van der Waals surface area contributed by atoms with E-state index in [2.05, 4.69) is 5.32 Å². The van der Waals surface area contributed by atoms with Crippen LogP contribution in [-0.2, 0) is 23.1 Å². The number of carbonyl (C=O) groups excluding carboxylic acids is 1. The number of anilines is 1. The summed E-state index contributed by atoms with van der Waals surface area (Å²) in [4.78, 5) is 12.4. The Balaban J connectivity index is 1.73. The Morgan fingerprint density at radius 3 is 2.00 bits per heavy atom. The van der Waals surface area contributed by atoms with E-state index < -0.39 is 10.0 Å². The van der Waals surface area contributed by atoms with E-state index in [1.165, 1.54) is 10.6 Å². The number of nitrogens with zero attached hydrogens (tertiary/aromatic N) is 1. The zero-order chi connectivity index (χ0) is 22.6. The average molecular weight is 457 g/mol. The second-order valence-corrected chi connectivity index (χ2v) is 9.86. The Hall–Kier alpha value is -2.83. The molecule has 31 heavy (non-hydrogen) atoms. The van der Waals surface area contributed by atoms with Gasteiger partial charge in [0.15, 0.2) is 0 Å². The van der Waals surface area contributed by atoms with Gasteiger partial charge in [0.2, 0.25) is 10.0 Å². The first-order chi connectivity index (χ1) is 14.6. The maximum atomic E-state index is 12.5. The van der Waals surface area contributed by atoms with E-state index in [-0.39, 0.29) is 12.5 Å². The number of hydrogen-bond acceptors (Lipinski definition) is 3. The number of rotatable bonds is 7. The summed E-state index contributed by atoms with van der Waals surface area (Å²) < 4.78 is 26.4. The third kappa shape index (κ3) is 5.87. The van der Waals surface area contributed by atoms with E-state index in [4.69, 9.17) is 11.6 Å². The van der Waals surface area contributed by atoms with Gasteiger partial charge in [0.05, 0.1) is 18.5 Å². The maximum absolute atomic E-state index is 12.5. The highest BCUT2D eigenvalue weighted by Crippen LogP contribution is 2.28. The van der Waals surface area contributed by atoms with Crippen molar-refractivity contribution in [2.24, 2.45) is 0 Å². The predicted octanol–water partition coefficient (Wildman–Crippen LogP) is 4.85. The number of amides is 1. The molecule has 0 spiro atoms. The lowest BCUT2D eigenvalue weighted by Crippen LogP contribution is -2.30. The van der Waals surface area contributed by atoms with Gasteiger partial charge in [-0.05, 0) is 60.4 Å². The van der Waals surface area contributed by atoms with Gasteiger partial charge < -0.3 is 5.32 Å². The minimum Gasteiger partial charge on any atom is -0.348 e. The van der Waals surface area contributed by atoms with E-state index in [1.807, 2.05) is 44.2 Å². The van der Waals surface area contributed by atoms with E-state index in [1.54, 1.807) is 36.4 Å². The third-order valence-corrected chi connectivity index (χ3v) is 6.36. The minimum absolute atomic E-state index is 0.192. The predicted molar refractivity (Wildman–Crippen MR) is 126 cm³/mol. The summed E-state index contributed by atoms with van der Waals surface area (Å²) in [5.74, 6) is -0.198. The fraction of sp³-hybridized carbons (Fsp3) is 0.208. The average Bonchev–Trinajstić information content (AvgIpc) is 2.72. The van der Waals surface area contributed by atoms with Crippen molar-refractivity contribution < 1.29 is 13.2 Å². The van der Waals surface area contributed by atoms with Crippen molar-refractivity contribution in [1.29, 1.82) is 0 Å². The molecule has 0 aliphatic carbocycles. The molecule has 7 heteroatoms. The molecular formula is C24H25ClN2O3S. The summed E-state index contributed by atoms with van der Waals surface area (Å²) in [6.07, 6.45) is 1.21. The smallest absolute Gasteiger partial charge is 0.251 e. The first kappa shape index (κ1) is 22.8.